The van der Waals surface area contributed by atoms with Crippen LogP contribution in [-0.4, -0.2) is 9.13 Å². The van der Waals surface area contributed by atoms with E-state index in [0.29, 0.717) is 0 Å². The maximum absolute atomic E-state index is 6.72. The smallest absolute Gasteiger partial charge is 0.136 e. The minimum atomic E-state index is -0.0830. The first-order valence-corrected chi connectivity index (χ1v) is 16.7. The Hall–Kier alpha value is -6.06. The molecular weight excluding hydrogens is 585 g/mol. The van der Waals surface area contributed by atoms with Crippen molar-refractivity contribution in [3.63, 3.8) is 0 Å². The molecule has 0 aliphatic heterocycles. The predicted molar refractivity (Wildman–Crippen MR) is 200 cm³/mol. The Morgan fingerprint density at radius 1 is 0.458 bits per heavy atom. The molecule has 3 nitrogen and oxygen atoms in total. The molecule has 226 valence electrons. The summed E-state index contributed by atoms with van der Waals surface area (Å²) in [4.78, 5) is 0. The van der Waals surface area contributed by atoms with Gasteiger partial charge in [-0.1, -0.05) is 105 Å². The maximum Gasteiger partial charge on any atom is 0.136 e. The van der Waals surface area contributed by atoms with Gasteiger partial charge in [-0.05, 0) is 76.9 Å². The van der Waals surface area contributed by atoms with Crippen molar-refractivity contribution in [3.05, 3.63) is 157 Å². The average molecular weight is 615 g/mol. The molecule has 0 spiro atoms. The van der Waals surface area contributed by atoms with Gasteiger partial charge in [-0.15, -0.1) is 0 Å². The van der Waals surface area contributed by atoms with Crippen LogP contribution in [0.25, 0.3) is 88.1 Å². The van der Waals surface area contributed by atoms with Gasteiger partial charge in [-0.2, -0.15) is 0 Å². The Balaban J connectivity index is 1.29. The molecule has 1 aliphatic rings. The monoisotopic (exact) mass is 614 g/mol. The lowest BCUT2D eigenvalue weighted by Gasteiger charge is -2.21. The maximum atomic E-state index is 6.72. The van der Waals surface area contributed by atoms with Crippen LogP contribution < -0.4 is 0 Å². The number of hydrogen-bond acceptors (Lipinski definition) is 1. The van der Waals surface area contributed by atoms with Gasteiger partial charge in [-0.3, -0.25) is 0 Å². The van der Waals surface area contributed by atoms with Crippen LogP contribution in [0.3, 0.4) is 0 Å². The molecule has 3 aromatic heterocycles. The number of fused-ring (bicyclic) bond motifs is 13. The molecule has 7 aromatic carbocycles. The lowest BCUT2D eigenvalue weighted by molar-refractivity contribution is 0.647. The van der Waals surface area contributed by atoms with Crippen LogP contribution in [0.2, 0.25) is 0 Å². The first-order chi connectivity index (χ1) is 23.6. The summed E-state index contributed by atoms with van der Waals surface area (Å²) in [5.74, 6) is 0. The molecule has 3 heterocycles. The fourth-order valence-electron chi connectivity index (χ4n) is 8.81. The van der Waals surface area contributed by atoms with Gasteiger partial charge in [0.1, 0.15) is 11.2 Å². The largest absolute Gasteiger partial charge is 0.456 e. The number of aromatic nitrogens is 2. The van der Waals surface area contributed by atoms with Crippen molar-refractivity contribution in [3.8, 4) is 22.5 Å². The molecule has 0 amide bonds. The second-order valence-electron chi connectivity index (χ2n) is 13.7. The summed E-state index contributed by atoms with van der Waals surface area (Å²) in [6.45, 7) is 4.65. The Labute approximate surface area is 276 Å². The van der Waals surface area contributed by atoms with E-state index in [4.69, 9.17) is 4.42 Å². The zero-order valence-corrected chi connectivity index (χ0v) is 26.7. The molecule has 0 bridgehead atoms. The summed E-state index contributed by atoms with van der Waals surface area (Å²) in [5.41, 5.74) is 14.2. The van der Waals surface area contributed by atoms with Gasteiger partial charge in [0.25, 0.3) is 0 Å². The first kappa shape index (κ1) is 26.1. The van der Waals surface area contributed by atoms with Gasteiger partial charge in [0.2, 0.25) is 0 Å². The molecule has 0 radical (unpaired) electrons. The molecule has 3 heteroatoms. The van der Waals surface area contributed by atoms with Crippen molar-refractivity contribution in [1.29, 1.82) is 0 Å². The van der Waals surface area contributed by atoms with Crippen LogP contribution in [0, 0.1) is 0 Å². The molecule has 0 fully saturated rings. The lowest BCUT2D eigenvalue weighted by atomic mass is 9.82. The van der Waals surface area contributed by atoms with E-state index in [1.165, 1.54) is 76.6 Å². The summed E-state index contributed by atoms with van der Waals surface area (Å²) < 4.78 is 11.6. The average Bonchev–Trinajstić information content (AvgIpc) is 3.83. The first-order valence-electron chi connectivity index (χ1n) is 16.7. The zero-order chi connectivity index (χ0) is 31.7. The third kappa shape index (κ3) is 3.18. The number of benzene rings is 7. The van der Waals surface area contributed by atoms with E-state index in [-0.39, 0.29) is 5.41 Å². The molecule has 48 heavy (non-hydrogen) atoms. The van der Waals surface area contributed by atoms with E-state index in [0.717, 1.165) is 22.5 Å². The van der Waals surface area contributed by atoms with Gasteiger partial charge >= 0.3 is 0 Å². The van der Waals surface area contributed by atoms with Crippen LogP contribution in [0.5, 0.6) is 0 Å². The van der Waals surface area contributed by atoms with E-state index >= 15 is 0 Å². The van der Waals surface area contributed by atoms with Crippen LogP contribution >= 0.6 is 0 Å². The standard InChI is InChI=1S/C45H30N2O/c1-45(2)34-19-9-6-15-28(34)32-25-33-41(26-35(32)45)48-40-24-23-38-42(43(33)40)31-17-8-11-21-37(31)47(38)39-22-12-18-30-29-16-7-10-20-36(29)46(44(30)39)27-13-4-3-5-14-27/h3-26H,1-2H3. The Morgan fingerprint density at radius 2 is 1.17 bits per heavy atom. The fourth-order valence-corrected chi connectivity index (χ4v) is 8.81. The van der Waals surface area contributed by atoms with E-state index < -0.39 is 0 Å². The van der Waals surface area contributed by atoms with Crippen LogP contribution in [0.1, 0.15) is 25.0 Å². The molecule has 0 N–H and O–H groups in total. The van der Waals surface area contributed by atoms with Gasteiger partial charge in [-0.25, -0.2) is 0 Å². The third-order valence-electron chi connectivity index (χ3n) is 10.9. The Kier molecular flexibility index (Phi) is 4.91. The minimum absolute atomic E-state index is 0.0830. The number of furan rings is 1. The molecule has 11 rings (SSSR count). The van der Waals surface area contributed by atoms with Crippen LogP contribution in [-0.2, 0) is 5.41 Å². The molecule has 0 saturated heterocycles. The second-order valence-corrected chi connectivity index (χ2v) is 13.7. The topological polar surface area (TPSA) is 23.0 Å². The number of nitrogens with zero attached hydrogens (tertiary/aromatic N) is 2. The quantitative estimate of drug-likeness (QED) is 0.190. The summed E-state index contributed by atoms with van der Waals surface area (Å²) in [6.07, 6.45) is 0. The van der Waals surface area contributed by atoms with E-state index in [2.05, 4.69) is 169 Å². The summed E-state index contributed by atoms with van der Waals surface area (Å²) in [5, 5.41) is 7.29. The molecule has 1 aliphatic carbocycles. The summed E-state index contributed by atoms with van der Waals surface area (Å²) in [7, 11) is 0. The molecule has 10 aromatic rings. The fraction of sp³-hybridized carbons (Fsp3) is 0.0667. The normalized spacial score (nSPS) is 13.8. The van der Waals surface area contributed by atoms with E-state index in [9.17, 15) is 0 Å². The van der Waals surface area contributed by atoms with Crippen LogP contribution in [0.15, 0.2) is 150 Å². The molecule has 0 unspecified atom stereocenters. The van der Waals surface area contributed by atoms with E-state index in [1.54, 1.807) is 0 Å². The van der Waals surface area contributed by atoms with Crippen molar-refractivity contribution >= 4 is 65.6 Å². The molecule has 0 saturated carbocycles. The van der Waals surface area contributed by atoms with Gasteiger partial charge in [0, 0.05) is 43.4 Å². The van der Waals surface area contributed by atoms with Crippen molar-refractivity contribution in [1.82, 2.24) is 9.13 Å². The number of para-hydroxylation sites is 4. The highest BCUT2D eigenvalue weighted by Crippen LogP contribution is 2.52. The van der Waals surface area contributed by atoms with Gasteiger partial charge in [0.15, 0.2) is 0 Å². The number of rotatable bonds is 2. The predicted octanol–water partition coefficient (Wildman–Crippen LogP) is 12.1. The van der Waals surface area contributed by atoms with Crippen LogP contribution in [0.4, 0.5) is 0 Å². The highest BCUT2D eigenvalue weighted by molar-refractivity contribution is 6.28. The van der Waals surface area contributed by atoms with E-state index in [1.807, 2.05) is 0 Å². The van der Waals surface area contributed by atoms with Crippen molar-refractivity contribution < 1.29 is 4.42 Å². The van der Waals surface area contributed by atoms with Crippen molar-refractivity contribution in [2.45, 2.75) is 19.3 Å². The zero-order valence-electron chi connectivity index (χ0n) is 26.7. The van der Waals surface area contributed by atoms with Crippen molar-refractivity contribution in [2.75, 3.05) is 0 Å². The summed E-state index contributed by atoms with van der Waals surface area (Å²) in [6, 6.07) is 53.0. The van der Waals surface area contributed by atoms with Crippen molar-refractivity contribution in [2.24, 2.45) is 0 Å². The molecular formula is C45H30N2O. The Bertz CT molecular complexity index is 2970. The SMILES string of the molecule is CC1(C)c2ccccc2-c2cc3c(cc21)oc1ccc2c(c4ccccc4n2-c2cccc4c5ccccc5n(-c5ccccc5)c24)c13. The van der Waals surface area contributed by atoms with Gasteiger partial charge < -0.3 is 13.6 Å². The van der Waals surface area contributed by atoms with Gasteiger partial charge in [0.05, 0.1) is 27.8 Å². The summed E-state index contributed by atoms with van der Waals surface area (Å²) >= 11 is 0. The third-order valence-corrected chi connectivity index (χ3v) is 10.9. The molecule has 0 atom stereocenters. The highest BCUT2D eigenvalue weighted by atomic mass is 16.3. The second kappa shape index (κ2) is 9.05. The number of hydrogen-bond donors (Lipinski definition) is 0. The Morgan fingerprint density at radius 3 is 2.02 bits per heavy atom. The minimum Gasteiger partial charge on any atom is -0.456 e. The highest BCUT2D eigenvalue weighted by Gasteiger charge is 2.36. The lowest BCUT2D eigenvalue weighted by Crippen LogP contribution is -2.14.